The van der Waals surface area contributed by atoms with Gasteiger partial charge in [0.15, 0.2) is 11.5 Å². The highest BCUT2D eigenvalue weighted by atomic mass is 79.9. The van der Waals surface area contributed by atoms with Crippen LogP contribution >= 0.6 is 15.9 Å². The molecule has 150 valence electrons. The van der Waals surface area contributed by atoms with Crippen LogP contribution in [0.15, 0.2) is 52.0 Å². The zero-order valence-corrected chi connectivity index (χ0v) is 17.9. The van der Waals surface area contributed by atoms with Gasteiger partial charge in [-0.2, -0.15) is 10.2 Å². The van der Waals surface area contributed by atoms with Crippen molar-refractivity contribution in [1.82, 2.24) is 15.2 Å². The number of hydrogen-bond donors (Lipinski definition) is 2. The molecule has 3 rings (SSSR count). The van der Waals surface area contributed by atoms with Gasteiger partial charge in [0.05, 0.1) is 30.0 Å². The Kier molecular flexibility index (Phi) is 6.33. The lowest BCUT2D eigenvalue weighted by Crippen LogP contribution is -2.17. The number of phenolic OH excluding ortho intramolecular Hbond substituents is 1. The van der Waals surface area contributed by atoms with Gasteiger partial charge in [0.25, 0.3) is 5.91 Å². The molecule has 0 spiro atoms. The number of hydrazone groups is 1. The van der Waals surface area contributed by atoms with Crippen molar-refractivity contribution in [3.8, 4) is 11.5 Å². The molecule has 8 heteroatoms. The molecule has 0 saturated carbocycles. The van der Waals surface area contributed by atoms with Crippen LogP contribution in [-0.2, 0) is 6.54 Å². The number of aromatic hydroxyl groups is 1. The zero-order chi connectivity index (χ0) is 21.0. The Morgan fingerprint density at radius 2 is 2.00 bits per heavy atom. The van der Waals surface area contributed by atoms with Gasteiger partial charge < -0.3 is 9.84 Å². The number of benzene rings is 2. The van der Waals surface area contributed by atoms with E-state index in [4.69, 9.17) is 4.74 Å². The molecule has 0 saturated heterocycles. The van der Waals surface area contributed by atoms with Crippen molar-refractivity contribution in [2.75, 3.05) is 7.11 Å². The van der Waals surface area contributed by atoms with Crippen molar-refractivity contribution in [1.29, 1.82) is 0 Å². The third-order valence-electron chi connectivity index (χ3n) is 4.30. The molecule has 3 aromatic rings. The van der Waals surface area contributed by atoms with Crippen molar-refractivity contribution in [3.05, 3.63) is 75.0 Å². The third-order valence-corrected chi connectivity index (χ3v) is 4.91. The van der Waals surface area contributed by atoms with Crippen LogP contribution in [-0.4, -0.2) is 34.1 Å². The molecule has 0 radical (unpaired) electrons. The Labute approximate surface area is 177 Å². The van der Waals surface area contributed by atoms with Crippen LogP contribution < -0.4 is 10.2 Å². The van der Waals surface area contributed by atoms with E-state index < -0.39 is 0 Å². The molecule has 1 heterocycles. The summed E-state index contributed by atoms with van der Waals surface area (Å²) in [4.78, 5) is 12.3. The fourth-order valence-corrected chi connectivity index (χ4v) is 3.28. The van der Waals surface area contributed by atoms with E-state index in [0.29, 0.717) is 27.9 Å². The second-order valence-corrected chi connectivity index (χ2v) is 7.39. The lowest BCUT2D eigenvalue weighted by Gasteiger charge is -2.07. The van der Waals surface area contributed by atoms with Crippen molar-refractivity contribution < 1.29 is 14.6 Å². The number of rotatable bonds is 6. The molecule has 0 unspecified atom stereocenters. The molecule has 1 amide bonds. The fraction of sp³-hybridized carbons (Fsp3) is 0.190. The van der Waals surface area contributed by atoms with Crippen molar-refractivity contribution in [2.45, 2.75) is 20.4 Å². The van der Waals surface area contributed by atoms with Gasteiger partial charge in [0, 0.05) is 11.3 Å². The maximum atomic E-state index is 12.3. The molecule has 1 aromatic heterocycles. The number of aryl methyl sites for hydroxylation is 2. The molecule has 0 atom stereocenters. The van der Waals surface area contributed by atoms with Crippen LogP contribution in [0, 0.1) is 13.8 Å². The largest absolute Gasteiger partial charge is 0.503 e. The summed E-state index contributed by atoms with van der Waals surface area (Å²) < 4.78 is 7.49. The van der Waals surface area contributed by atoms with E-state index in [1.54, 1.807) is 24.3 Å². The SMILES string of the molecule is COc1cc(/C=N\NC(=O)c2ccc(Cn3nc(C)cc3C)cc2)cc(Br)c1O. The Morgan fingerprint density at radius 3 is 2.62 bits per heavy atom. The molecule has 2 N–H and O–H groups in total. The Morgan fingerprint density at radius 1 is 1.28 bits per heavy atom. The van der Waals surface area contributed by atoms with Gasteiger partial charge in [0.1, 0.15) is 0 Å². The van der Waals surface area contributed by atoms with Gasteiger partial charge in [-0.15, -0.1) is 0 Å². The smallest absolute Gasteiger partial charge is 0.271 e. The van der Waals surface area contributed by atoms with Crippen LogP contribution in [0.4, 0.5) is 0 Å². The van der Waals surface area contributed by atoms with Crippen molar-refractivity contribution in [2.24, 2.45) is 5.10 Å². The number of ether oxygens (including phenoxy) is 1. The van der Waals surface area contributed by atoms with E-state index in [1.165, 1.54) is 13.3 Å². The minimum atomic E-state index is -0.316. The molecule has 0 fully saturated rings. The lowest BCUT2D eigenvalue weighted by molar-refractivity contribution is 0.0955. The standard InChI is InChI=1S/C21H21BrN4O3/c1-13-8-14(2)26(25-13)12-15-4-6-17(7-5-15)21(28)24-23-11-16-9-18(22)20(27)19(10-16)29-3/h4-11,27H,12H2,1-3H3,(H,24,28)/b23-11-. The number of amides is 1. The maximum absolute atomic E-state index is 12.3. The van der Waals surface area contributed by atoms with Crippen molar-refractivity contribution >= 4 is 28.1 Å². The summed E-state index contributed by atoms with van der Waals surface area (Å²) >= 11 is 3.25. The topological polar surface area (TPSA) is 88.7 Å². The number of hydrogen-bond acceptors (Lipinski definition) is 5. The number of carbonyl (C=O) groups excluding carboxylic acids is 1. The van der Waals surface area contributed by atoms with Gasteiger partial charge >= 0.3 is 0 Å². The molecular formula is C21H21BrN4O3. The van der Waals surface area contributed by atoms with Gasteiger partial charge in [-0.1, -0.05) is 12.1 Å². The third kappa shape index (κ3) is 5.03. The molecule has 7 nitrogen and oxygen atoms in total. The molecule has 2 aromatic carbocycles. The quantitative estimate of drug-likeness (QED) is 0.436. The highest BCUT2D eigenvalue weighted by molar-refractivity contribution is 9.10. The van der Waals surface area contributed by atoms with Crippen LogP contribution in [0.1, 0.15) is 32.9 Å². The number of aromatic nitrogens is 2. The Balaban J connectivity index is 1.63. The van der Waals surface area contributed by atoms with Crippen LogP contribution in [0.5, 0.6) is 11.5 Å². The summed E-state index contributed by atoms with van der Waals surface area (Å²) in [5.74, 6) is 0.00307. The number of methoxy groups -OCH3 is 1. The Hall–Kier alpha value is -3.13. The molecule has 29 heavy (non-hydrogen) atoms. The van der Waals surface area contributed by atoms with E-state index in [2.05, 4.69) is 31.6 Å². The highest BCUT2D eigenvalue weighted by Crippen LogP contribution is 2.34. The number of carbonyl (C=O) groups is 1. The predicted molar refractivity (Wildman–Crippen MR) is 115 cm³/mol. The van der Waals surface area contributed by atoms with Crippen LogP contribution in [0.3, 0.4) is 0 Å². The molecule has 0 aliphatic carbocycles. The minimum Gasteiger partial charge on any atom is -0.503 e. The first-order valence-corrected chi connectivity index (χ1v) is 9.66. The zero-order valence-electron chi connectivity index (χ0n) is 16.3. The van der Waals surface area contributed by atoms with Gasteiger partial charge in [0.2, 0.25) is 0 Å². The summed E-state index contributed by atoms with van der Waals surface area (Å²) in [5.41, 5.74) is 6.79. The van der Waals surface area contributed by atoms with Gasteiger partial charge in [-0.25, -0.2) is 5.43 Å². The van der Waals surface area contributed by atoms with Gasteiger partial charge in [-0.3, -0.25) is 9.48 Å². The minimum absolute atomic E-state index is 0.00856. The van der Waals surface area contributed by atoms with E-state index >= 15 is 0 Å². The van der Waals surface area contributed by atoms with E-state index in [1.807, 2.05) is 36.7 Å². The normalized spacial score (nSPS) is 11.0. The second kappa shape index (κ2) is 8.91. The Bertz CT molecular complexity index is 1060. The van der Waals surface area contributed by atoms with Crippen molar-refractivity contribution in [3.63, 3.8) is 0 Å². The number of nitrogens with zero attached hydrogens (tertiary/aromatic N) is 3. The van der Waals surface area contributed by atoms with E-state index in [9.17, 15) is 9.90 Å². The summed E-state index contributed by atoms with van der Waals surface area (Å²) in [6.45, 7) is 4.63. The van der Waals surface area contributed by atoms with E-state index in [-0.39, 0.29) is 11.7 Å². The first-order chi connectivity index (χ1) is 13.9. The van der Waals surface area contributed by atoms with Crippen LogP contribution in [0.25, 0.3) is 0 Å². The first kappa shape index (κ1) is 20.6. The number of phenols is 1. The summed E-state index contributed by atoms with van der Waals surface area (Å²) in [6.07, 6.45) is 1.47. The van der Waals surface area contributed by atoms with E-state index in [0.717, 1.165) is 17.0 Å². The summed E-state index contributed by atoms with van der Waals surface area (Å²) in [7, 11) is 1.46. The molecule has 0 bridgehead atoms. The second-order valence-electron chi connectivity index (χ2n) is 6.53. The predicted octanol–water partition coefficient (Wildman–Crippen LogP) is 3.79. The lowest BCUT2D eigenvalue weighted by atomic mass is 10.1. The average molecular weight is 457 g/mol. The fourth-order valence-electron chi connectivity index (χ4n) is 2.82. The monoisotopic (exact) mass is 456 g/mol. The highest BCUT2D eigenvalue weighted by Gasteiger charge is 2.08. The number of halogens is 1. The molecule has 0 aliphatic heterocycles. The summed E-state index contributed by atoms with van der Waals surface area (Å²) in [5, 5.41) is 18.2. The maximum Gasteiger partial charge on any atom is 0.271 e. The molecular weight excluding hydrogens is 436 g/mol. The average Bonchev–Trinajstić information content (AvgIpc) is 3.01. The number of nitrogens with one attached hydrogen (secondary N) is 1. The molecule has 0 aliphatic rings. The van der Waals surface area contributed by atoms with Crippen LogP contribution in [0.2, 0.25) is 0 Å². The summed E-state index contributed by atoms with van der Waals surface area (Å²) in [6, 6.07) is 12.6. The van der Waals surface area contributed by atoms with Gasteiger partial charge in [-0.05, 0) is 71.2 Å². The first-order valence-electron chi connectivity index (χ1n) is 8.87.